The standard InChI is InChI=1S/C15H31NO/c1-4-8-14(3)12-17-15(9-6-7-10-15)13-16-11-5-2/h14,16H,4-13H2,1-3H3. The Morgan fingerprint density at radius 2 is 1.88 bits per heavy atom. The molecule has 0 aromatic carbocycles. The van der Waals surface area contributed by atoms with E-state index in [-0.39, 0.29) is 5.60 Å². The summed E-state index contributed by atoms with van der Waals surface area (Å²) >= 11 is 0. The van der Waals surface area contributed by atoms with E-state index in [0.29, 0.717) is 5.92 Å². The van der Waals surface area contributed by atoms with Crippen molar-refractivity contribution in [2.45, 2.75) is 71.3 Å². The number of rotatable bonds is 9. The van der Waals surface area contributed by atoms with Gasteiger partial charge >= 0.3 is 0 Å². The zero-order valence-electron chi connectivity index (χ0n) is 12.1. The largest absolute Gasteiger partial charge is 0.373 e. The molecule has 1 atom stereocenters. The fourth-order valence-corrected chi connectivity index (χ4v) is 2.78. The minimum absolute atomic E-state index is 0.164. The fourth-order valence-electron chi connectivity index (χ4n) is 2.78. The van der Waals surface area contributed by atoms with E-state index in [2.05, 4.69) is 26.1 Å². The van der Waals surface area contributed by atoms with Gasteiger partial charge in [-0.25, -0.2) is 0 Å². The third kappa shape index (κ3) is 5.39. The maximum atomic E-state index is 6.29. The van der Waals surface area contributed by atoms with Gasteiger partial charge in [0.1, 0.15) is 0 Å². The minimum Gasteiger partial charge on any atom is -0.373 e. The zero-order chi connectivity index (χ0) is 12.6. The minimum atomic E-state index is 0.164. The van der Waals surface area contributed by atoms with Gasteiger partial charge in [-0.05, 0) is 38.1 Å². The Morgan fingerprint density at radius 1 is 1.18 bits per heavy atom. The Labute approximate surface area is 108 Å². The van der Waals surface area contributed by atoms with Crippen LogP contribution in [-0.4, -0.2) is 25.3 Å². The van der Waals surface area contributed by atoms with E-state index < -0.39 is 0 Å². The highest BCUT2D eigenvalue weighted by molar-refractivity contribution is 4.88. The van der Waals surface area contributed by atoms with Crippen molar-refractivity contribution in [3.63, 3.8) is 0 Å². The van der Waals surface area contributed by atoms with Crippen molar-refractivity contribution in [2.75, 3.05) is 19.7 Å². The Balaban J connectivity index is 2.31. The molecule has 0 aromatic rings. The highest BCUT2D eigenvalue weighted by Gasteiger charge is 2.34. The number of nitrogens with one attached hydrogen (secondary N) is 1. The molecule has 1 rings (SSSR count). The van der Waals surface area contributed by atoms with Crippen LogP contribution in [0.25, 0.3) is 0 Å². The van der Waals surface area contributed by atoms with Gasteiger partial charge in [-0.1, -0.05) is 40.0 Å². The molecule has 1 N–H and O–H groups in total. The second kappa shape index (κ2) is 8.10. The molecule has 0 aliphatic heterocycles. The van der Waals surface area contributed by atoms with Crippen LogP contribution in [0.3, 0.4) is 0 Å². The van der Waals surface area contributed by atoms with Crippen molar-refractivity contribution in [3.05, 3.63) is 0 Å². The van der Waals surface area contributed by atoms with E-state index in [1.165, 1.54) is 44.9 Å². The summed E-state index contributed by atoms with van der Waals surface area (Å²) in [4.78, 5) is 0. The normalized spacial score (nSPS) is 20.6. The summed E-state index contributed by atoms with van der Waals surface area (Å²) in [5.74, 6) is 0.712. The summed E-state index contributed by atoms with van der Waals surface area (Å²) in [5.41, 5.74) is 0.164. The first kappa shape index (κ1) is 15.0. The summed E-state index contributed by atoms with van der Waals surface area (Å²) in [6.07, 6.45) is 8.96. The second-order valence-corrected chi connectivity index (χ2v) is 5.77. The van der Waals surface area contributed by atoms with Gasteiger partial charge < -0.3 is 10.1 Å². The lowest BCUT2D eigenvalue weighted by Gasteiger charge is -2.31. The van der Waals surface area contributed by atoms with Gasteiger partial charge in [0, 0.05) is 13.2 Å². The van der Waals surface area contributed by atoms with Crippen molar-refractivity contribution >= 4 is 0 Å². The lowest BCUT2D eigenvalue weighted by atomic mass is 10.0. The molecule has 0 spiro atoms. The molecule has 102 valence electrons. The smallest absolute Gasteiger partial charge is 0.0806 e. The topological polar surface area (TPSA) is 21.3 Å². The molecule has 1 saturated carbocycles. The summed E-state index contributed by atoms with van der Waals surface area (Å²) in [7, 11) is 0. The first-order valence-electron chi connectivity index (χ1n) is 7.57. The second-order valence-electron chi connectivity index (χ2n) is 5.77. The quantitative estimate of drug-likeness (QED) is 0.621. The predicted molar refractivity (Wildman–Crippen MR) is 74.4 cm³/mol. The Kier molecular flexibility index (Phi) is 7.14. The highest BCUT2D eigenvalue weighted by Crippen LogP contribution is 2.33. The van der Waals surface area contributed by atoms with Crippen LogP contribution in [0.1, 0.15) is 65.7 Å². The molecule has 0 heterocycles. The number of ether oxygens (including phenoxy) is 1. The molecule has 0 amide bonds. The van der Waals surface area contributed by atoms with Gasteiger partial charge in [-0.2, -0.15) is 0 Å². The molecule has 0 aromatic heterocycles. The lowest BCUT2D eigenvalue weighted by Crippen LogP contribution is -2.42. The molecule has 1 aliphatic rings. The van der Waals surface area contributed by atoms with Crippen LogP contribution >= 0.6 is 0 Å². The first-order valence-corrected chi connectivity index (χ1v) is 7.57. The van der Waals surface area contributed by atoms with Crippen molar-refractivity contribution in [2.24, 2.45) is 5.92 Å². The molecule has 0 bridgehead atoms. The van der Waals surface area contributed by atoms with Crippen LogP contribution in [-0.2, 0) is 4.74 Å². The fraction of sp³-hybridized carbons (Fsp3) is 1.00. The van der Waals surface area contributed by atoms with Gasteiger partial charge in [-0.15, -0.1) is 0 Å². The molecule has 1 fully saturated rings. The van der Waals surface area contributed by atoms with Crippen LogP contribution in [0.5, 0.6) is 0 Å². The Hall–Kier alpha value is -0.0800. The van der Waals surface area contributed by atoms with Crippen LogP contribution in [0.2, 0.25) is 0 Å². The van der Waals surface area contributed by atoms with Crippen LogP contribution in [0, 0.1) is 5.92 Å². The summed E-state index contributed by atoms with van der Waals surface area (Å²) in [5, 5.41) is 3.55. The molecule has 1 aliphatic carbocycles. The van der Waals surface area contributed by atoms with E-state index >= 15 is 0 Å². The van der Waals surface area contributed by atoms with Crippen molar-refractivity contribution in [1.29, 1.82) is 0 Å². The van der Waals surface area contributed by atoms with Crippen LogP contribution in [0.15, 0.2) is 0 Å². The van der Waals surface area contributed by atoms with Gasteiger partial charge in [0.15, 0.2) is 0 Å². The highest BCUT2D eigenvalue weighted by atomic mass is 16.5. The molecule has 17 heavy (non-hydrogen) atoms. The summed E-state index contributed by atoms with van der Waals surface area (Å²) < 4.78 is 6.29. The monoisotopic (exact) mass is 241 g/mol. The lowest BCUT2D eigenvalue weighted by molar-refractivity contribution is -0.0537. The molecule has 0 radical (unpaired) electrons. The summed E-state index contributed by atoms with van der Waals surface area (Å²) in [6, 6.07) is 0. The van der Waals surface area contributed by atoms with E-state index in [1.807, 2.05) is 0 Å². The third-order valence-corrected chi connectivity index (χ3v) is 3.84. The van der Waals surface area contributed by atoms with E-state index in [1.54, 1.807) is 0 Å². The van der Waals surface area contributed by atoms with Gasteiger partial charge in [0.05, 0.1) is 5.60 Å². The van der Waals surface area contributed by atoms with Crippen molar-refractivity contribution in [1.82, 2.24) is 5.32 Å². The average Bonchev–Trinajstić information content (AvgIpc) is 2.77. The molecular formula is C15H31NO. The van der Waals surface area contributed by atoms with Gasteiger partial charge in [0.2, 0.25) is 0 Å². The third-order valence-electron chi connectivity index (χ3n) is 3.84. The molecule has 0 saturated heterocycles. The van der Waals surface area contributed by atoms with E-state index in [4.69, 9.17) is 4.74 Å². The maximum Gasteiger partial charge on any atom is 0.0806 e. The molecule has 2 nitrogen and oxygen atoms in total. The Bertz CT molecular complexity index is 187. The van der Waals surface area contributed by atoms with Crippen LogP contribution in [0.4, 0.5) is 0 Å². The van der Waals surface area contributed by atoms with Crippen molar-refractivity contribution in [3.8, 4) is 0 Å². The zero-order valence-corrected chi connectivity index (χ0v) is 12.1. The van der Waals surface area contributed by atoms with Gasteiger partial charge in [-0.3, -0.25) is 0 Å². The van der Waals surface area contributed by atoms with E-state index in [0.717, 1.165) is 19.7 Å². The molecule has 2 heteroatoms. The number of hydrogen-bond donors (Lipinski definition) is 1. The molecule has 1 unspecified atom stereocenters. The SMILES string of the molecule is CCCNCC1(OCC(C)CCC)CCCC1. The van der Waals surface area contributed by atoms with Gasteiger partial charge in [0.25, 0.3) is 0 Å². The average molecular weight is 241 g/mol. The van der Waals surface area contributed by atoms with E-state index in [9.17, 15) is 0 Å². The predicted octanol–water partition coefficient (Wildman–Crippen LogP) is 3.75. The van der Waals surface area contributed by atoms with Crippen molar-refractivity contribution < 1.29 is 4.74 Å². The first-order chi connectivity index (χ1) is 8.22. The maximum absolute atomic E-state index is 6.29. The summed E-state index contributed by atoms with van der Waals surface area (Å²) in [6.45, 7) is 9.91. The number of hydrogen-bond acceptors (Lipinski definition) is 2. The van der Waals surface area contributed by atoms with Crippen LogP contribution < -0.4 is 5.32 Å². The Morgan fingerprint density at radius 3 is 2.47 bits per heavy atom. The molecular weight excluding hydrogens is 210 g/mol.